The number of hydrogen-bond donors (Lipinski definition) is 1. The predicted octanol–water partition coefficient (Wildman–Crippen LogP) is 1.83. The number of anilines is 1. The van der Waals surface area contributed by atoms with Crippen molar-refractivity contribution in [1.82, 2.24) is 0 Å². The van der Waals surface area contributed by atoms with E-state index in [1.165, 1.54) is 12.8 Å². The first-order chi connectivity index (χ1) is 7.76. The van der Waals surface area contributed by atoms with Crippen molar-refractivity contribution in [2.24, 2.45) is 0 Å². The van der Waals surface area contributed by atoms with E-state index in [1.807, 2.05) is 25.1 Å². The SMILES string of the molecule is Cc1ccc(N(CCO)C2CC2)c(C#N)c1. The Morgan fingerprint density at radius 1 is 1.50 bits per heavy atom. The van der Waals surface area contributed by atoms with Crippen LogP contribution in [0.3, 0.4) is 0 Å². The van der Waals surface area contributed by atoms with Crippen LogP contribution in [0.5, 0.6) is 0 Å². The molecule has 1 N–H and O–H groups in total. The molecule has 3 nitrogen and oxygen atoms in total. The highest BCUT2D eigenvalue weighted by Gasteiger charge is 2.29. The molecule has 1 aliphatic carbocycles. The van der Waals surface area contributed by atoms with Crippen LogP contribution >= 0.6 is 0 Å². The molecule has 1 fully saturated rings. The van der Waals surface area contributed by atoms with Gasteiger partial charge >= 0.3 is 0 Å². The van der Waals surface area contributed by atoms with Crippen molar-refractivity contribution in [2.45, 2.75) is 25.8 Å². The Bertz CT molecular complexity index is 418. The van der Waals surface area contributed by atoms with Crippen LogP contribution in [0.2, 0.25) is 0 Å². The van der Waals surface area contributed by atoms with E-state index >= 15 is 0 Å². The number of aryl methyl sites for hydroxylation is 1. The molecule has 0 spiro atoms. The fourth-order valence-corrected chi connectivity index (χ4v) is 1.98. The Hall–Kier alpha value is -1.53. The van der Waals surface area contributed by atoms with E-state index in [4.69, 9.17) is 10.4 Å². The molecule has 1 aliphatic rings. The first kappa shape index (κ1) is 11.0. The van der Waals surface area contributed by atoms with Crippen molar-refractivity contribution in [3.8, 4) is 6.07 Å². The van der Waals surface area contributed by atoms with E-state index in [-0.39, 0.29) is 6.61 Å². The molecule has 0 bridgehead atoms. The second-order valence-corrected chi connectivity index (χ2v) is 4.28. The van der Waals surface area contributed by atoms with E-state index in [9.17, 15) is 0 Å². The van der Waals surface area contributed by atoms with Crippen molar-refractivity contribution in [1.29, 1.82) is 5.26 Å². The third-order valence-electron chi connectivity index (χ3n) is 2.91. The van der Waals surface area contributed by atoms with E-state index < -0.39 is 0 Å². The first-order valence-corrected chi connectivity index (χ1v) is 5.64. The largest absolute Gasteiger partial charge is 0.395 e. The molecule has 84 valence electrons. The van der Waals surface area contributed by atoms with Crippen LogP contribution in [0.15, 0.2) is 18.2 Å². The van der Waals surface area contributed by atoms with Crippen LogP contribution in [-0.4, -0.2) is 24.3 Å². The molecule has 2 rings (SSSR count). The number of benzene rings is 1. The minimum atomic E-state index is 0.134. The molecule has 0 heterocycles. The van der Waals surface area contributed by atoms with Crippen LogP contribution < -0.4 is 4.90 Å². The van der Waals surface area contributed by atoms with Gasteiger partial charge in [-0.3, -0.25) is 0 Å². The first-order valence-electron chi connectivity index (χ1n) is 5.64. The molecule has 0 amide bonds. The standard InChI is InChI=1S/C13H16N2O/c1-10-2-5-13(11(8-10)9-14)15(6-7-16)12-3-4-12/h2,5,8,12,16H,3-4,6-7H2,1H3. The van der Waals surface area contributed by atoms with Crippen LogP contribution in [-0.2, 0) is 0 Å². The van der Waals surface area contributed by atoms with Gasteiger partial charge in [-0.25, -0.2) is 0 Å². The summed E-state index contributed by atoms with van der Waals surface area (Å²) in [6.07, 6.45) is 2.33. The summed E-state index contributed by atoms with van der Waals surface area (Å²) >= 11 is 0. The van der Waals surface area contributed by atoms with E-state index in [0.29, 0.717) is 18.2 Å². The van der Waals surface area contributed by atoms with E-state index in [2.05, 4.69) is 11.0 Å². The third kappa shape index (κ3) is 2.17. The summed E-state index contributed by atoms with van der Waals surface area (Å²) in [5, 5.41) is 18.2. The minimum Gasteiger partial charge on any atom is -0.395 e. The Labute approximate surface area is 95.9 Å². The van der Waals surface area contributed by atoms with Crippen LogP contribution in [0.25, 0.3) is 0 Å². The Morgan fingerprint density at radius 3 is 2.81 bits per heavy atom. The molecule has 1 aromatic rings. The molecule has 0 atom stereocenters. The van der Waals surface area contributed by atoms with Crippen molar-refractivity contribution in [3.05, 3.63) is 29.3 Å². The smallest absolute Gasteiger partial charge is 0.101 e. The quantitative estimate of drug-likeness (QED) is 0.835. The van der Waals surface area contributed by atoms with Crippen molar-refractivity contribution >= 4 is 5.69 Å². The van der Waals surface area contributed by atoms with Gasteiger partial charge in [0.15, 0.2) is 0 Å². The van der Waals surface area contributed by atoms with Gasteiger partial charge in [0, 0.05) is 12.6 Å². The minimum absolute atomic E-state index is 0.134. The summed E-state index contributed by atoms with van der Waals surface area (Å²) in [6.45, 7) is 2.73. The molecule has 3 heteroatoms. The maximum Gasteiger partial charge on any atom is 0.101 e. The lowest BCUT2D eigenvalue weighted by Crippen LogP contribution is -2.29. The summed E-state index contributed by atoms with van der Waals surface area (Å²) < 4.78 is 0. The number of aliphatic hydroxyl groups excluding tert-OH is 1. The Balaban J connectivity index is 2.33. The molecule has 1 saturated carbocycles. The van der Waals surface area contributed by atoms with Crippen LogP contribution in [0.4, 0.5) is 5.69 Å². The molecule has 16 heavy (non-hydrogen) atoms. The highest BCUT2D eigenvalue weighted by atomic mass is 16.3. The number of hydrogen-bond acceptors (Lipinski definition) is 3. The van der Waals surface area contributed by atoms with Crippen LogP contribution in [0, 0.1) is 18.3 Å². The number of rotatable bonds is 4. The summed E-state index contributed by atoms with van der Waals surface area (Å²) in [6, 6.07) is 8.66. The lowest BCUT2D eigenvalue weighted by atomic mass is 10.1. The highest BCUT2D eigenvalue weighted by Crippen LogP contribution is 2.33. The fourth-order valence-electron chi connectivity index (χ4n) is 1.98. The third-order valence-corrected chi connectivity index (χ3v) is 2.91. The van der Waals surface area contributed by atoms with Gasteiger partial charge in [-0.2, -0.15) is 5.26 Å². The van der Waals surface area contributed by atoms with Gasteiger partial charge in [-0.05, 0) is 37.5 Å². The molecule has 0 radical (unpaired) electrons. The zero-order chi connectivity index (χ0) is 11.5. The van der Waals surface area contributed by atoms with Gasteiger partial charge in [-0.15, -0.1) is 0 Å². The molecular weight excluding hydrogens is 200 g/mol. The number of nitrogens with zero attached hydrogens (tertiary/aromatic N) is 2. The van der Waals surface area contributed by atoms with Gasteiger partial charge in [0.25, 0.3) is 0 Å². The van der Waals surface area contributed by atoms with Crippen LogP contribution in [0.1, 0.15) is 24.0 Å². The van der Waals surface area contributed by atoms with Gasteiger partial charge in [0.1, 0.15) is 6.07 Å². The zero-order valence-electron chi connectivity index (χ0n) is 9.48. The van der Waals surface area contributed by atoms with Gasteiger partial charge in [0.2, 0.25) is 0 Å². The second kappa shape index (κ2) is 4.54. The fraction of sp³-hybridized carbons (Fsp3) is 0.462. The van der Waals surface area contributed by atoms with Gasteiger partial charge in [-0.1, -0.05) is 6.07 Å². The summed E-state index contributed by atoms with van der Waals surface area (Å²) in [4.78, 5) is 2.15. The molecule has 0 aromatic heterocycles. The van der Waals surface area contributed by atoms with Crippen molar-refractivity contribution in [3.63, 3.8) is 0 Å². The Kier molecular flexibility index (Phi) is 3.12. The second-order valence-electron chi connectivity index (χ2n) is 4.28. The lowest BCUT2D eigenvalue weighted by Gasteiger charge is -2.24. The molecule has 0 saturated heterocycles. The topological polar surface area (TPSA) is 47.3 Å². The highest BCUT2D eigenvalue weighted by molar-refractivity contribution is 5.61. The van der Waals surface area contributed by atoms with E-state index in [0.717, 1.165) is 11.3 Å². The normalized spacial score (nSPS) is 14.6. The van der Waals surface area contributed by atoms with Crippen molar-refractivity contribution < 1.29 is 5.11 Å². The lowest BCUT2D eigenvalue weighted by molar-refractivity contribution is 0.301. The molecular formula is C13H16N2O. The zero-order valence-corrected chi connectivity index (χ0v) is 9.48. The monoisotopic (exact) mass is 216 g/mol. The average Bonchev–Trinajstić information content (AvgIpc) is 3.10. The predicted molar refractivity (Wildman–Crippen MR) is 63.3 cm³/mol. The van der Waals surface area contributed by atoms with E-state index in [1.54, 1.807) is 0 Å². The number of nitriles is 1. The average molecular weight is 216 g/mol. The summed E-state index contributed by atoms with van der Waals surface area (Å²) in [7, 11) is 0. The van der Waals surface area contributed by atoms with Crippen molar-refractivity contribution in [2.75, 3.05) is 18.1 Å². The van der Waals surface area contributed by atoms with Gasteiger partial charge < -0.3 is 10.0 Å². The molecule has 1 aromatic carbocycles. The summed E-state index contributed by atoms with van der Waals surface area (Å²) in [5.74, 6) is 0. The van der Waals surface area contributed by atoms with Gasteiger partial charge in [0.05, 0.1) is 17.9 Å². The Morgan fingerprint density at radius 2 is 2.25 bits per heavy atom. The summed E-state index contributed by atoms with van der Waals surface area (Å²) in [5.41, 5.74) is 2.77. The maximum absolute atomic E-state index is 9.12. The number of aliphatic hydroxyl groups is 1. The molecule has 0 aliphatic heterocycles. The molecule has 0 unspecified atom stereocenters. The maximum atomic E-state index is 9.12.